The van der Waals surface area contributed by atoms with Crippen LogP contribution in [0.15, 0.2) is 18.2 Å². The van der Waals surface area contributed by atoms with Gasteiger partial charge in [0, 0.05) is 18.2 Å². The van der Waals surface area contributed by atoms with Gasteiger partial charge in [0.25, 0.3) is 5.91 Å². The summed E-state index contributed by atoms with van der Waals surface area (Å²) in [6.07, 6.45) is 2.29. The van der Waals surface area contributed by atoms with E-state index in [-0.39, 0.29) is 21.9 Å². The van der Waals surface area contributed by atoms with Gasteiger partial charge in [0.2, 0.25) is 5.91 Å². The summed E-state index contributed by atoms with van der Waals surface area (Å²) in [6, 6.07) is 4.29. The van der Waals surface area contributed by atoms with E-state index in [1.807, 2.05) is 20.8 Å². The maximum absolute atomic E-state index is 12.6. The topological polar surface area (TPSA) is 95.5 Å². The van der Waals surface area contributed by atoms with Crippen LogP contribution in [-0.4, -0.2) is 28.9 Å². The van der Waals surface area contributed by atoms with Gasteiger partial charge in [-0.1, -0.05) is 38.8 Å². The number of halogens is 1. The molecule has 2 atom stereocenters. The molecule has 0 heterocycles. The number of carboxylic acid groups (broad SMARTS) is 1. The Balaban J connectivity index is 2.10. The average molecular weight is 381 g/mol. The van der Waals surface area contributed by atoms with Crippen LogP contribution < -0.4 is 10.6 Å². The zero-order valence-corrected chi connectivity index (χ0v) is 16.0. The number of hydrogen-bond acceptors (Lipinski definition) is 3. The van der Waals surface area contributed by atoms with Gasteiger partial charge < -0.3 is 15.7 Å². The van der Waals surface area contributed by atoms with Crippen molar-refractivity contribution in [1.82, 2.24) is 5.32 Å². The van der Waals surface area contributed by atoms with Crippen molar-refractivity contribution in [3.63, 3.8) is 0 Å². The number of nitrogens with one attached hydrogen (secondary N) is 2. The van der Waals surface area contributed by atoms with E-state index in [0.717, 1.165) is 6.42 Å². The average Bonchev–Trinajstić information content (AvgIpc) is 2.95. The van der Waals surface area contributed by atoms with Gasteiger partial charge in [0.05, 0.1) is 16.5 Å². The summed E-state index contributed by atoms with van der Waals surface area (Å²) in [5, 5.41) is 15.0. The smallest absolute Gasteiger partial charge is 0.308 e. The summed E-state index contributed by atoms with van der Waals surface area (Å²) in [7, 11) is 0. The van der Waals surface area contributed by atoms with E-state index in [2.05, 4.69) is 10.6 Å². The molecule has 26 heavy (non-hydrogen) atoms. The summed E-state index contributed by atoms with van der Waals surface area (Å²) in [6.45, 7) is 5.90. The maximum Gasteiger partial charge on any atom is 0.308 e. The molecule has 6 nitrogen and oxygen atoms in total. The number of carbonyl (C=O) groups is 3. The lowest BCUT2D eigenvalue weighted by Crippen LogP contribution is -2.40. The lowest BCUT2D eigenvalue weighted by Gasteiger charge is -2.19. The van der Waals surface area contributed by atoms with Gasteiger partial charge in [-0.3, -0.25) is 14.4 Å². The summed E-state index contributed by atoms with van der Waals surface area (Å²) in [4.78, 5) is 35.9. The van der Waals surface area contributed by atoms with Gasteiger partial charge in [-0.25, -0.2) is 0 Å². The van der Waals surface area contributed by atoms with Gasteiger partial charge in [-0.2, -0.15) is 0 Å². The Morgan fingerprint density at radius 1 is 1.23 bits per heavy atom. The monoisotopic (exact) mass is 380 g/mol. The van der Waals surface area contributed by atoms with E-state index >= 15 is 0 Å². The zero-order chi connectivity index (χ0) is 19.5. The van der Waals surface area contributed by atoms with Crippen LogP contribution in [-0.2, 0) is 9.59 Å². The molecule has 0 saturated heterocycles. The van der Waals surface area contributed by atoms with Crippen molar-refractivity contribution in [3.8, 4) is 0 Å². The second-order valence-electron chi connectivity index (χ2n) is 7.94. The third-order valence-corrected chi connectivity index (χ3v) is 4.66. The SMILES string of the molecule is CC(C)(C)CC(=O)Nc1ccc(Cl)c(C(=O)N[C@@H]2CCC[C@@H]2C(=O)O)c1. The van der Waals surface area contributed by atoms with Crippen molar-refractivity contribution < 1.29 is 19.5 Å². The van der Waals surface area contributed by atoms with Gasteiger partial charge in [-0.15, -0.1) is 0 Å². The Labute approximate surface area is 158 Å². The normalized spacial score (nSPS) is 19.8. The first kappa shape index (κ1) is 20.2. The highest BCUT2D eigenvalue weighted by molar-refractivity contribution is 6.34. The van der Waals surface area contributed by atoms with E-state index in [1.165, 1.54) is 6.07 Å². The largest absolute Gasteiger partial charge is 0.481 e. The molecule has 0 radical (unpaired) electrons. The van der Waals surface area contributed by atoms with Crippen molar-refractivity contribution >= 4 is 35.1 Å². The van der Waals surface area contributed by atoms with Crippen LogP contribution in [0, 0.1) is 11.3 Å². The van der Waals surface area contributed by atoms with Crippen LogP contribution >= 0.6 is 11.6 Å². The van der Waals surface area contributed by atoms with Crippen LogP contribution in [0.2, 0.25) is 5.02 Å². The van der Waals surface area contributed by atoms with Gasteiger partial charge in [0.15, 0.2) is 0 Å². The first-order chi connectivity index (χ1) is 12.1. The summed E-state index contributed by atoms with van der Waals surface area (Å²) >= 11 is 6.13. The highest BCUT2D eigenvalue weighted by atomic mass is 35.5. The fourth-order valence-electron chi connectivity index (χ4n) is 3.14. The molecule has 3 N–H and O–H groups in total. The molecule has 1 aliphatic rings. The first-order valence-electron chi connectivity index (χ1n) is 8.70. The summed E-state index contributed by atoms with van der Waals surface area (Å²) < 4.78 is 0. The van der Waals surface area contributed by atoms with E-state index in [9.17, 15) is 19.5 Å². The molecule has 142 valence electrons. The first-order valence-corrected chi connectivity index (χ1v) is 9.08. The quantitative estimate of drug-likeness (QED) is 0.725. The minimum Gasteiger partial charge on any atom is -0.481 e. The predicted molar refractivity (Wildman–Crippen MR) is 100 cm³/mol. The highest BCUT2D eigenvalue weighted by Gasteiger charge is 2.34. The van der Waals surface area contributed by atoms with Gasteiger partial charge in [0.1, 0.15) is 0 Å². The number of benzene rings is 1. The molecule has 1 aromatic rings. The van der Waals surface area contributed by atoms with Crippen LogP contribution in [0.1, 0.15) is 56.8 Å². The Bertz CT molecular complexity index is 712. The van der Waals surface area contributed by atoms with Crippen LogP contribution in [0.25, 0.3) is 0 Å². The molecule has 0 unspecified atom stereocenters. The number of carboxylic acids is 1. The summed E-state index contributed by atoms with van der Waals surface area (Å²) in [5.74, 6) is -2.05. The highest BCUT2D eigenvalue weighted by Crippen LogP contribution is 2.27. The molecule has 1 aromatic carbocycles. The number of hydrogen-bond donors (Lipinski definition) is 3. The third-order valence-electron chi connectivity index (χ3n) is 4.34. The van der Waals surface area contributed by atoms with Crippen LogP contribution in [0.3, 0.4) is 0 Å². The lowest BCUT2D eigenvalue weighted by atomic mass is 9.92. The molecule has 2 amide bonds. The molecular formula is C19H25ClN2O4. The Kier molecular flexibility index (Phi) is 6.29. The predicted octanol–water partition coefficient (Wildman–Crippen LogP) is 3.70. The van der Waals surface area contributed by atoms with E-state index in [4.69, 9.17) is 11.6 Å². The van der Waals surface area contributed by atoms with Gasteiger partial charge in [-0.05, 0) is 36.5 Å². The van der Waals surface area contributed by atoms with E-state index in [0.29, 0.717) is 24.9 Å². The molecule has 0 bridgehead atoms. The van der Waals surface area contributed by atoms with Gasteiger partial charge >= 0.3 is 5.97 Å². The summed E-state index contributed by atoms with van der Waals surface area (Å²) in [5.41, 5.74) is 0.552. The molecule has 0 aromatic heterocycles. The van der Waals surface area contributed by atoms with Crippen molar-refractivity contribution in [2.45, 2.75) is 52.5 Å². The minimum absolute atomic E-state index is 0.145. The van der Waals surface area contributed by atoms with Crippen molar-refractivity contribution in [2.75, 3.05) is 5.32 Å². The molecule has 1 saturated carbocycles. The Hall–Kier alpha value is -2.08. The van der Waals surface area contributed by atoms with Crippen LogP contribution in [0.4, 0.5) is 5.69 Å². The zero-order valence-electron chi connectivity index (χ0n) is 15.3. The third kappa shape index (κ3) is 5.46. The lowest BCUT2D eigenvalue weighted by molar-refractivity contribution is -0.142. The number of aliphatic carboxylic acids is 1. The Morgan fingerprint density at radius 2 is 1.92 bits per heavy atom. The number of amides is 2. The fraction of sp³-hybridized carbons (Fsp3) is 0.526. The molecule has 0 aliphatic heterocycles. The molecule has 7 heteroatoms. The van der Waals surface area contributed by atoms with E-state index < -0.39 is 23.8 Å². The number of anilines is 1. The number of carbonyl (C=O) groups excluding carboxylic acids is 2. The Morgan fingerprint density at radius 3 is 2.54 bits per heavy atom. The molecule has 1 fully saturated rings. The minimum atomic E-state index is -0.901. The molecule has 0 spiro atoms. The van der Waals surface area contributed by atoms with Crippen molar-refractivity contribution in [3.05, 3.63) is 28.8 Å². The second-order valence-corrected chi connectivity index (χ2v) is 8.34. The molecule has 1 aliphatic carbocycles. The number of rotatable bonds is 5. The van der Waals surface area contributed by atoms with E-state index in [1.54, 1.807) is 12.1 Å². The second kappa shape index (κ2) is 8.08. The van der Waals surface area contributed by atoms with Crippen molar-refractivity contribution in [1.29, 1.82) is 0 Å². The molecule has 2 rings (SSSR count). The molecular weight excluding hydrogens is 356 g/mol. The standard InChI is InChI=1S/C19H25ClN2O4/c1-19(2,3)10-16(23)21-11-7-8-14(20)13(9-11)17(24)22-15-6-4-5-12(15)18(25)26/h7-9,12,15H,4-6,10H2,1-3H3,(H,21,23)(H,22,24)(H,25,26)/t12-,15+/m0/s1. The fourth-order valence-corrected chi connectivity index (χ4v) is 3.34. The maximum atomic E-state index is 12.6. The van der Waals surface area contributed by atoms with Crippen molar-refractivity contribution in [2.24, 2.45) is 11.3 Å². The van der Waals surface area contributed by atoms with Crippen LogP contribution in [0.5, 0.6) is 0 Å².